The molecule has 0 spiro atoms. The van der Waals surface area contributed by atoms with E-state index in [1.165, 1.54) is 7.05 Å². The first-order chi connectivity index (χ1) is 13.5. The molecule has 2 heterocycles. The number of anilines is 1. The van der Waals surface area contributed by atoms with Crippen molar-refractivity contribution < 1.29 is 18.9 Å². The van der Waals surface area contributed by atoms with E-state index in [9.17, 15) is 14.4 Å². The zero-order valence-electron chi connectivity index (χ0n) is 15.0. The number of nitrogens with zero attached hydrogens (tertiary/aromatic N) is 3. The predicted octanol–water partition coefficient (Wildman–Crippen LogP) is 2.53. The second kappa shape index (κ2) is 7.07. The zero-order chi connectivity index (χ0) is 19.7. The first-order valence-electron chi connectivity index (χ1n) is 8.68. The number of hydrogen-bond donors (Lipinski definition) is 1. The molecule has 0 saturated carbocycles. The molecule has 0 fully saturated rings. The third-order valence-electron chi connectivity index (χ3n) is 4.46. The van der Waals surface area contributed by atoms with Crippen LogP contribution in [0.25, 0.3) is 11.4 Å². The van der Waals surface area contributed by atoms with Crippen molar-refractivity contribution in [2.75, 3.05) is 12.4 Å². The SMILES string of the molecule is CN1C(=O)c2cccc(NC(=O)CCc3nc(-c4ccccc4)no3)c2C1=O. The molecular weight excluding hydrogens is 360 g/mol. The van der Waals surface area contributed by atoms with Crippen LogP contribution in [0.4, 0.5) is 5.69 Å². The van der Waals surface area contributed by atoms with Gasteiger partial charge in [0.1, 0.15) is 0 Å². The van der Waals surface area contributed by atoms with Gasteiger partial charge in [-0.2, -0.15) is 4.98 Å². The second-order valence-electron chi connectivity index (χ2n) is 6.32. The Kier molecular flexibility index (Phi) is 4.44. The van der Waals surface area contributed by atoms with Crippen molar-refractivity contribution in [3.05, 3.63) is 65.5 Å². The number of aryl methyl sites for hydroxylation is 1. The van der Waals surface area contributed by atoms with Crippen molar-refractivity contribution in [3.8, 4) is 11.4 Å². The molecule has 0 bridgehead atoms. The molecule has 28 heavy (non-hydrogen) atoms. The highest BCUT2D eigenvalue weighted by molar-refractivity contribution is 6.24. The average molecular weight is 376 g/mol. The Balaban J connectivity index is 1.42. The lowest BCUT2D eigenvalue weighted by Crippen LogP contribution is -2.24. The number of carbonyl (C=O) groups is 3. The van der Waals surface area contributed by atoms with Gasteiger partial charge in [0.15, 0.2) is 0 Å². The minimum absolute atomic E-state index is 0.0953. The summed E-state index contributed by atoms with van der Waals surface area (Å²) in [5.41, 5.74) is 1.65. The van der Waals surface area contributed by atoms with Crippen LogP contribution in [-0.2, 0) is 11.2 Å². The number of imide groups is 1. The molecule has 0 unspecified atom stereocenters. The number of amides is 3. The number of benzene rings is 2. The largest absolute Gasteiger partial charge is 0.339 e. The molecule has 1 aromatic heterocycles. The van der Waals surface area contributed by atoms with Crippen LogP contribution in [0.15, 0.2) is 53.1 Å². The van der Waals surface area contributed by atoms with Crippen molar-refractivity contribution in [1.29, 1.82) is 0 Å². The van der Waals surface area contributed by atoms with Crippen LogP contribution in [0.3, 0.4) is 0 Å². The lowest BCUT2D eigenvalue weighted by molar-refractivity contribution is -0.116. The Morgan fingerprint density at radius 3 is 2.64 bits per heavy atom. The van der Waals surface area contributed by atoms with E-state index in [0.717, 1.165) is 10.5 Å². The third kappa shape index (κ3) is 3.16. The third-order valence-corrected chi connectivity index (χ3v) is 4.46. The summed E-state index contributed by atoms with van der Waals surface area (Å²) < 4.78 is 5.19. The van der Waals surface area contributed by atoms with Crippen LogP contribution in [0.5, 0.6) is 0 Å². The van der Waals surface area contributed by atoms with E-state index in [4.69, 9.17) is 4.52 Å². The topological polar surface area (TPSA) is 105 Å². The molecule has 4 rings (SSSR count). The van der Waals surface area contributed by atoms with Gasteiger partial charge in [-0.3, -0.25) is 19.3 Å². The van der Waals surface area contributed by atoms with E-state index in [1.807, 2.05) is 30.3 Å². The summed E-state index contributed by atoms with van der Waals surface area (Å²) in [7, 11) is 1.41. The molecule has 8 nitrogen and oxygen atoms in total. The number of hydrogen-bond acceptors (Lipinski definition) is 6. The van der Waals surface area contributed by atoms with Crippen molar-refractivity contribution >= 4 is 23.4 Å². The van der Waals surface area contributed by atoms with Gasteiger partial charge in [0.2, 0.25) is 17.6 Å². The molecule has 3 amide bonds. The van der Waals surface area contributed by atoms with E-state index >= 15 is 0 Å². The van der Waals surface area contributed by atoms with Crippen LogP contribution in [0.1, 0.15) is 33.0 Å². The molecule has 0 radical (unpaired) electrons. The van der Waals surface area contributed by atoms with E-state index in [0.29, 0.717) is 17.4 Å². The maximum Gasteiger partial charge on any atom is 0.263 e. The van der Waals surface area contributed by atoms with Crippen molar-refractivity contribution in [2.45, 2.75) is 12.8 Å². The first-order valence-corrected chi connectivity index (χ1v) is 8.68. The van der Waals surface area contributed by atoms with Crippen molar-refractivity contribution in [1.82, 2.24) is 15.0 Å². The fourth-order valence-electron chi connectivity index (χ4n) is 3.00. The highest BCUT2D eigenvalue weighted by Crippen LogP contribution is 2.28. The summed E-state index contributed by atoms with van der Waals surface area (Å²) in [5.74, 6) is -0.319. The minimum Gasteiger partial charge on any atom is -0.339 e. The van der Waals surface area contributed by atoms with E-state index in [1.54, 1.807) is 18.2 Å². The van der Waals surface area contributed by atoms with Crippen LogP contribution in [-0.4, -0.2) is 39.8 Å². The molecule has 140 valence electrons. The Morgan fingerprint density at radius 1 is 1.07 bits per heavy atom. The van der Waals surface area contributed by atoms with Gasteiger partial charge in [-0.15, -0.1) is 0 Å². The molecule has 1 N–H and O–H groups in total. The van der Waals surface area contributed by atoms with E-state index in [-0.39, 0.29) is 35.8 Å². The average Bonchev–Trinajstić information content (AvgIpc) is 3.28. The number of carbonyl (C=O) groups excluding carboxylic acids is 3. The quantitative estimate of drug-likeness (QED) is 0.686. The summed E-state index contributed by atoms with van der Waals surface area (Å²) in [6, 6.07) is 14.2. The summed E-state index contributed by atoms with van der Waals surface area (Å²) in [6.07, 6.45) is 0.353. The lowest BCUT2D eigenvalue weighted by atomic mass is 10.1. The molecule has 0 saturated heterocycles. The molecule has 3 aromatic rings. The van der Waals surface area contributed by atoms with Gasteiger partial charge in [0, 0.05) is 25.5 Å². The fraction of sp³-hybridized carbons (Fsp3) is 0.150. The molecule has 2 aromatic carbocycles. The standard InChI is InChI=1S/C20H16N4O4/c1-24-19(26)13-8-5-9-14(17(13)20(24)27)21-15(25)10-11-16-22-18(23-28-16)12-6-3-2-4-7-12/h2-9H,10-11H2,1H3,(H,21,25). The van der Waals surface area contributed by atoms with E-state index in [2.05, 4.69) is 15.5 Å². The van der Waals surface area contributed by atoms with Gasteiger partial charge in [0.25, 0.3) is 11.8 Å². The predicted molar refractivity (Wildman–Crippen MR) is 99.6 cm³/mol. The monoisotopic (exact) mass is 376 g/mol. The smallest absolute Gasteiger partial charge is 0.263 e. The van der Waals surface area contributed by atoms with Gasteiger partial charge in [-0.1, -0.05) is 41.6 Å². The normalized spacial score (nSPS) is 13.0. The molecule has 1 aliphatic heterocycles. The fourth-order valence-corrected chi connectivity index (χ4v) is 3.00. The summed E-state index contributed by atoms with van der Waals surface area (Å²) in [4.78, 5) is 41.9. The summed E-state index contributed by atoms with van der Waals surface area (Å²) in [6.45, 7) is 0. The Hall–Kier alpha value is -3.81. The molecule has 0 aliphatic carbocycles. The molecule has 8 heteroatoms. The Bertz CT molecular complexity index is 1070. The van der Waals surface area contributed by atoms with Crippen LogP contribution in [0, 0.1) is 0 Å². The Morgan fingerprint density at radius 2 is 1.86 bits per heavy atom. The zero-order valence-corrected chi connectivity index (χ0v) is 15.0. The van der Waals surface area contributed by atoms with Crippen LogP contribution >= 0.6 is 0 Å². The van der Waals surface area contributed by atoms with Gasteiger partial charge in [-0.05, 0) is 12.1 Å². The van der Waals surface area contributed by atoms with Gasteiger partial charge < -0.3 is 9.84 Å². The highest BCUT2D eigenvalue weighted by atomic mass is 16.5. The molecular formula is C20H16N4O4. The van der Waals surface area contributed by atoms with Crippen molar-refractivity contribution in [2.24, 2.45) is 0 Å². The second-order valence-corrected chi connectivity index (χ2v) is 6.32. The van der Waals surface area contributed by atoms with Crippen molar-refractivity contribution in [3.63, 3.8) is 0 Å². The first kappa shape index (κ1) is 17.6. The van der Waals surface area contributed by atoms with Gasteiger partial charge in [0.05, 0.1) is 16.8 Å². The lowest BCUT2D eigenvalue weighted by Gasteiger charge is -2.08. The summed E-state index contributed by atoms with van der Waals surface area (Å²) >= 11 is 0. The highest BCUT2D eigenvalue weighted by Gasteiger charge is 2.35. The Labute approximate surface area is 160 Å². The number of nitrogens with one attached hydrogen (secondary N) is 1. The number of aromatic nitrogens is 2. The molecule has 1 aliphatic rings. The minimum atomic E-state index is -0.430. The van der Waals surface area contributed by atoms with E-state index < -0.39 is 5.91 Å². The van der Waals surface area contributed by atoms with Gasteiger partial charge >= 0.3 is 0 Å². The molecule has 0 atom stereocenters. The van der Waals surface area contributed by atoms with Gasteiger partial charge in [-0.25, -0.2) is 0 Å². The summed E-state index contributed by atoms with van der Waals surface area (Å²) in [5, 5.41) is 6.61. The van der Waals surface area contributed by atoms with Crippen LogP contribution < -0.4 is 5.32 Å². The maximum absolute atomic E-state index is 12.3. The maximum atomic E-state index is 12.3. The number of fused-ring (bicyclic) bond motifs is 1. The van der Waals surface area contributed by atoms with Crippen LogP contribution in [0.2, 0.25) is 0 Å². The number of rotatable bonds is 5.